The molecule has 0 aliphatic rings. The van der Waals surface area contributed by atoms with Gasteiger partial charge < -0.3 is 18.1 Å². The van der Waals surface area contributed by atoms with E-state index < -0.39 is 6.03 Å². The summed E-state index contributed by atoms with van der Waals surface area (Å²) in [5.41, 5.74) is 7.11. The van der Waals surface area contributed by atoms with Crippen molar-refractivity contribution in [2.75, 3.05) is 5.43 Å². The maximum absolute atomic E-state index is 10.1. The van der Waals surface area contributed by atoms with Gasteiger partial charge in [-0.1, -0.05) is 0 Å². The van der Waals surface area contributed by atoms with Crippen LogP contribution < -0.4 is 28.2 Å². The van der Waals surface area contributed by atoms with Gasteiger partial charge in [-0.3, -0.25) is 0 Å². The molecule has 0 aliphatic heterocycles. The number of nitrogens with zero attached hydrogens (tertiary/aromatic N) is 1. The Labute approximate surface area is 63.6 Å². The lowest BCUT2D eigenvalue weighted by molar-refractivity contribution is -0.639. The number of aromatic nitrogens is 2. The molecule has 1 aromatic heterocycles. The molecule has 0 aromatic carbocycles. The van der Waals surface area contributed by atoms with E-state index in [0.29, 0.717) is 0 Å². The molecule has 1 aromatic rings. The zero-order chi connectivity index (χ0) is 6.69. The van der Waals surface area contributed by atoms with Gasteiger partial charge in [-0.25, -0.2) is 9.78 Å². The Bertz CT molecular complexity index is 197. The third kappa shape index (κ3) is 2.36. The van der Waals surface area contributed by atoms with E-state index in [1.54, 1.807) is 18.7 Å². The van der Waals surface area contributed by atoms with Gasteiger partial charge in [-0.15, -0.1) is 4.68 Å². The van der Waals surface area contributed by atoms with Gasteiger partial charge in [0, 0.05) is 0 Å². The van der Waals surface area contributed by atoms with Gasteiger partial charge in [0.1, 0.15) is 6.20 Å². The Morgan fingerprint density at radius 3 is 2.80 bits per heavy atom. The lowest BCUT2D eigenvalue weighted by Crippen LogP contribution is -3.00. The number of hydrogen-bond donors (Lipinski definition) is 3. The first-order valence-electron chi connectivity index (χ1n) is 2.39. The summed E-state index contributed by atoms with van der Waals surface area (Å²) in [6, 6.07) is -0.584. The number of nitrogens with two attached hydrogens (primary N) is 1. The fourth-order valence-corrected chi connectivity index (χ4v) is 0.486. The van der Waals surface area contributed by atoms with Crippen LogP contribution >= 0.6 is 0 Å². The Kier molecular flexibility index (Phi) is 3.27. The number of urea groups is 1. The number of amides is 2. The minimum atomic E-state index is -0.584. The molecule has 0 saturated carbocycles. The summed E-state index contributed by atoms with van der Waals surface area (Å²) >= 11 is 0. The molecule has 0 fully saturated rings. The second-order valence-electron chi connectivity index (χ2n) is 1.49. The van der Waals surface area contributed by atoms with E-state index in [1.165, 1.54) is 4.68 Å². The average molecular weight is 163 g/mol. The van der Waals surface area contributed by atoms with Gasteiger partial charge in [0.2, 0.25) is 0 Å². The van der Waals surface area contributed by atoms with E-state index in [-0.39, 0.29) is 12.4 Å². The van der Waals surface area contributed by atoms with Crippen LogP contribution in [0.15, 0.2) is 18.7 Å². The summed E-state index contributed by atoms with van der Waals surface area (Å²) in [5.74, 6) is 0. The van der Waals surface area contributed by atoms with Gasteiger partial charge in [-0.05, 0) is 0 Å². The lowest BCUT2D eigenvalue weighted by atomic mass is 10.9. The molecule has 0 spiro atoms. The number of halogens is 1. The molecule has 0 aliphatic carbocycles. The molecule has 0 radical (unpaired) electrons. The van der Waals surface area contributed by atoms with Crippen molar-refractivity contribution in [3.63, 3.8) is 0 Å². The summed E-state index contributed by atoms with van der Waals surface area (Å²) in [6.07, 6.45) is 4.85. The standard InChI is InChI=1S/C4H6N4O.ClH/c5-4(9)7-8-2-1-6-3-8;/h1-3H,(H3,5,7,9);1H. The molecule has 1 rings (SSSR count). The normalized spacial score (nSPS) is 8.00. The third-order valence-corrected chi connectivity index (χ3v) is 0.784. The number of carbonyl (C=O) groups is 1. The van der Waals surface area contributed by atoms with Crippen molar-refractivity contribution in [2.45, 2.75) is 0 Å². The maximum Gasteiger partial charge on any atom is 0.348 e. The van der Waals surface area contributed by atoms with E-state index >= 15 is 0 Å². The molecule has 6 heteroatoms. The fourth-order valence-electron chi connectivity index (χ4n) is 0.486. The topological polar surface area (TPSA) is 74.8 Å². The molecule has 0 bridgehead atoms. The van der Waals surface area contributed by atoms with Crippen molar-refractivity contribution in [1.29, 1.82) is 0 Å². The van der Waals surface area contributed by atoms with E-state index in [9.17, 15) is 4.79 Å². The van der Waals surface area contributed by atoms with Crippen LogP contribution in [-0.4, -0.2) is 11.0 Å². The fraction of sp³-hybridized carbons (Fsp3) is 0. The Morgan fingerprint density at radius 1 is 1.70 bits per heavy atom. The Hall–Kier alpha value is -1.23. The van der Waals surface area contributed by atoms with Crippen molar-refractivity contribution in [3.8, 4) is 0 Å². The molecule has 56 valence electrons. The highest BCUT2D eigenvalue weighted by Gasteiger charge is 1.96. The summed E-state index contributed by atoms with van der Waals surface area (Å²) in [6.45, 7) is 0. The number of hydrogen-bond acceptors (Lipinski definition) is 1. The van der Waals surface area contributed by atoms with E-state index in [0.717, 1.165) is 0 Å². The number of primary amides is 1. The van der Waals surface area contributed by atoms with E-state index in [4.69, 9.17) is 5.73 Å². The quantitative estimate of drug-likeness (QED) is 0.361. The van der Waals surface area contributed by atoms with Crippen LogP contribution in [0.4, 0.5) is 4.79 Å². The minimum absolute atomic E-state index is 0. The van der Waals surface area contributed by atoms with Crippen molar-refractivity contribution in [1.82, 2.24) is 4.98 Å². The van der Waals surface area contributed by atoms with Crippen LogP contribution in [0.1, 0.15) is 0 Å². The number of aromatic amines is 1. The van der Waals surface area contributed by atoms with Gasteiger partial charge in [0.25, 0.3) is 6.33 Å². The molecule has 5 nitrogen and oxygen atoms in total. The summed E-state index contributed by atoms with van der Waals surface area (Å²) in [5, 5.41) is 0. The lowest BCUT2D eigenvalue weighted by Gasteiger charge is -1.90. The third-order valence-electron chi connectivity index (χ3n) is 0.784. The molecule has 1 heterocycles. The Balaban J connectivity index is 0.000000810. The van der Waals surface area contributed by atoms with Gasteiger partial charge in [-0.2, -0.15) is 5.43 Å². The maximum atomic E-state index is 10.1. The predicted octanol–water partition coefficient (Wildman–Crippen LogP) is -4.07. The van der Waals surface area contributed by atoms with E-state index in [2.05, 4.69) is 10.4 Å². The van der Waals surface area contributed by atoms with Gasteiger partial charge in [0.15, 0.2) is 6.20 Å². The highest BCUT2D eigenvalue weighted by atomic mass is 35.5. The van der Waals surface area contributed by atoms with Gasteiger partial charge >= 0.3 is 6.03 Å². The summed E-state index contributed by atoms with van der Waals surface area (Å²) in [4.78, 5) is 12.9. The second-order valence-corrected chi connectivity index (χ2v) is 1.49. The average Bonchev–Trinajstić information content (AvgIpc) is 2.15. The van der Waals surface area contributed by atoms with Crippen molar-refractivity contribution in [2.24, 2.45) is 5.73 Å². The van der Waals surface area contributed by atoms with Crippen LogP contribution in [0.3, 0.4) is 0 Å². The summed E-state index contributed by atoms with van der Waals surface area (Å²) < 4.78 is 1.42. The summed E-state index contributed by atoms with van der Waals surface area (Å²) in [7, 11) is 0. The first-order valence-corrected chi connectivity index (χ1v) is 2.39. The van der Waals surface area contributed by atoms with E-state index in [1.807, 2.05) is 0 Å². The zero-order valence-corrected chi connectivity index (χ0v) is 5.80. The zero-order valence-electron chi connectivity index (χ0n) is 5.04. The smallest absolute Gasteiger partial charge is 0.348 e. The molecule has 0 unspecified atom stereocenters. The van der Waals surface area contributed by atoms with Crippen LogP contribution in [0.25, 0.3) is 0 Å². The van der Waals surface area contributed by atoms with Crippen LogP contribution in [-0.2, 0) is 0 Å². The Morgan fingerprint density at radius 2 is 2.40 bits per heavy atom. The van der Waals surface area contributed by atoms with Crippen molar-refractivity contribution in [3.05, 3.63) is 18.7 Å². The second kappa shape index (κ2) is 3.73. The van der Waals surface area contributed by atoms with Crippen LogP contribution in [0.5, 0.6) is 0 Å². The predicted molar refractivity (Wildman–Crippen MR) is 29.9 cm³/mol. The van der Waals surface area contributed by atoms with Gasteiger partial charge in [0.05, 0.1) is 0 Å². The number of nitrogens with one attached hydrogen (secondary N) is 2. The number of imidazole rings is 1. The van der Waals surface area contributed by atoms with Crippen LogP contribution in [0, 0.1) is 0 Å². The number of rotatable bonds is 1. The van der Waals surface area contributed by atoms with Crippen LogP contribution in [0.2, 0.25) is 0 Å². The molecule has 2 amide bonds. The largest absolute Gasteiger partial charge is 1.00 e. The molecule has 4 N–H and O–H groups in total. The minimum Gasteiger partial charge on any atom is -1.00 e. The molecule has 10 heavy (non-hydrogen) atoms. The number of H-pyrrole nitrogens is 1. The van der Waals surface area contributed by atoms with Crippen molar-refractivity contribution >= 4 is 6.03 Å². The highest BCUT2D eigenvalue weighted by Crippen LogP contribution is 1.63. The molecule has 0 atom stereocenters. The molecular weight excluding hydrogens is 156 g/mol. The number of carbonyl (C=O) groups excluding carboxylic acids is 1. The first kappa shape index (κ1) is 8.77. The molecule has 0 saturated heterocycles. The van der Waals surface area contributed by atoms with Crippen molar-refractivity contribution < 1.29 is 21.9 Å². The molecular formula is C4H7ClN4O. The SMILES string of the molecule is NC(=O)N[n+]1cc[nH]c1.[Cl-]. The first-order chi connectivity index (χ1) is 4.29. The highest BCUT2D eigenvalue weighted by molar-refractivity contribution is 5.77. The monoisotopic (exact) mass is 162 g/mol.